The molecule has 0 saturated heterocycles. The topological polar surface area (TPSA) is 58.5 Å². The number of rotatable bonds is 3. The molecular weight excluding hydrogens is 294 g/mol. The molecule has 2 N–H and O–H groups in total. The van der Waals surface area contributed by atoms with Gasteiger partial charge in [-0.1, -0.05) is 23.7 Å². The summed E-state index contributed by atoms with van der Waals surface area (Å²) < 4.78 is 2.43. The number of benzene rings is 1. The van der Waals surface area contributed by atoms with Crippen molar-refractivity contribution in [3.8, 4) is 0 Å². The SMILES string of the molecule is CNc1nc(=S)[nH]c2ncn(Cc3ccc(Cl)cc3)c12. The van der Waals surface area contributed by atoms with Gasteiger partial charge in [-0.05, 0) is 29.9 Å². The largest absolute Gasteiger partial charge is 0.371 e. The van der Waals surface area contributed by atoms with E-state index in [9.17, 15) is 0 Å². The third-order valence-corrected chi connectivity index (χ3v) is 3.45. The standard InChI is InChI=1S/C13H12ClN5S/c1-15-11-10-12(18-13(20)17-11)16-7-19(10)6-8-2-4-9(14)5-3-8/h2-5,7H,6H2,1H3,(H2,15,17,18,20). The fourth-order valence-electron chi connectivity index (χ4n) is 2.09. The number of hydrogen-bond acceptors (Lipinski definition) is 4. The minimum absolute atomic E-state index is 0.415. The summed E-state index contributed by atoms with van der Waals surface area (Å²) in [7, 11) is 1.82. The van der Waals surface area contributed by atoms with Gasteiger partial charge in [0.05, 0.1) is 6.33 Å². The number of H-pyrrole nitrogens is 1. The van der Waals surface area contributed by atoms with E-state index in [4.69, 9.17) is 23.8 Å². The van der Waals surface area contributed by atoms with E-state index in [0.717, 1.165) is 27.6 Å². The third kappa shape index (κ3) is 2.39. The summed E-state index contributed by atoms with van der Waals surface area (Å²) in [6, 6.07) is 7.74. The second-order valence-corrected chi connectivity index (χ2v) is 5.16. The Balaban J connectivity index is 2.08. The molecule has 0 unspecified atom stereocenters. The molecule has 0 bridgehead atoms. The number of aromatic nitrogens is 4. The van der Waals surface area contributed by atoms with Gasteiger partial charge in [0.2, 0.25) is 4.77 Å². The first-order valence-corrected chi connectivity index (χ1v) is 6.83. The Kier molecular flexibility index (Phi) is 3.42. The Labute approximate surface area is 125 Å². The van der Waals surface area contributed by atoms with Crippen molar-refractivity contribution in [3.63, 3.8) is 0 Å². The monoisotopic (exact) mass is 305 g/mol. The molecule has 7 heteroatoms. The van der Waals surface area contributed by atoms with Crippen LogP contribution < -0.4 is 5.32 Å². The fourth-order valence-corrected chi connectivity index (χ4v) is 2.40. The fraction of sp³-hybridized carbons (Fsp3) is 0.154. The highest BCUT2D eigenvalue weighted by Crippen LogP contribution is 2.20. The smallest absolute Gasteiger partial charge is 0.200 e. The van der Waals surface area contributed by atoms with E-state index >= 15 is 0 Å². The van der Waals surface area contributed by atoms with E-state index in [1.165, 1.54) is 0 Å². The van der Waals surface area contributed by atoms with Crippen LogP contribution in [0.4, 0.5) is 5.82 Å². The second-order valence-electron chi connectivity index (χ2n) is 4.34. The lowest BCUT2D eigenvalue weighted by Crippen LogP contribution is -2.03. The first-order chi connectivity index (χ1) is 9.67. The van der Waals surface area contributed by atoms with Crippen molar-refractivity contribution in [3.05, 3.63) is 45.9 Å². The quantitative estimate of drug-likeness (QED) is 0.729. The van der Waals surface area contributed by atoms with Gasteiger partial charge in [-0.25, -0.2) is 9.97 Å². The van der Waals surface area contributed by atoms with Crippen molar-refractivity contribution < 1.29 is 0 Å². The van der Waals surface area contributed by atoms with Crippen molar-refractivity contribution in [2.75, 3.05) is 12.4 Å². The number of hydrogen-bond donors (Lipinski definition) is 2. The second kappa shape index (κ2) is 5.22. The lowest BCUT2D eigenvalue weighted by atomic mass is 10.2. The number of nitrogens with zero attached hydrogens (tertiary/aromatic N) is 3. The van der Waals surface area contributed by atoms with E-state index in [-0.39, 0.29) is 0 Å². The zero-order chi connectivity index (χ0) is 14.1. The van der Waals surface area contributed by atoms with Gasteiger partial charge in [0.1, 0.15) is 5.52 Å². The third-order valence-electron chi connectivity index (χ3n) is 3.00. The lowest BCUT2D eigenvalue weighted by molar-refractivity contribution is 0.823. The van der Waals surface area contributed by atoms with Gasteiger partial charge in [-0.2, -0.15) is 0 Å². The Hall–Kier alpha value is -1.92. The van der Waals surface area contributed by atoms with E-state index < -0.39 is 0 Å². The number of fused-ring (bicyclic) bond motifs is 1. The number of imidazole rings is 1. The molecule has 3 rings (SSSR count). The van der Waals surface area contributed by atoms with Crippen LogP contribution in [0.3, 0.4) is 0 Å². The average Bonchev–Trinajstić information content (AvgIpc) is 2.83. The molecule has 5 nitrogen and oxygen atoms in total. The van der Waals surface area contributed by atoms with E-state index in [2.05, 4.69) is 20.3 Å². The molecule has 1 aromatic carbocycles. The summed E-state index contributed by atoms with van der Waals surface area (Å²) in [5.74, 6) is 0.718. The molecule has 2 heterocycles. The molecular formula is C13H12ClN5S. The molecule has 102 valence electrons. The number of anilines is 1. The lowest BCUT2D eigenvalue weighted by Gasteiger charge is -2.07. The molecule has 0 aliphatic carbocycles. The van der Waals surface area contributed by atoms with Crippen LogP contribution in [-0.4, -0.2) is 26.6 Å². The van der Waals surface area contributed by atoms with Gasteiger partial charge >= 0.3 is 0 Å². The summed E-state index contributed by atoms with van der Waals surface area (Å²) in [5, 5.41) is 3.78. The van der Waals surface area contributed by atoms with E-state index in [1.807, 2.05) is 35.9 Å². The van der Waals surface area contributed by atoms with Crippen molar-refractivity contribution in [2.24, 2.45) is 0 Å². The van der Waals surface area contributed by atoms with Crippen molar-refractivity contribution >= 4 is 40.8 Å². The minimum atomic E-state index is 0.415. The van der Waals surface area contributed by atoms with Crippen LogP contribution in [0.2, 0.25) is 5.02 Å². The molecule has 0 radical (unpaired) electrons. The van der Waals surface area contributed by atoms with Crippen LogP contribution in [0.1, 0.15) is 5.56 Å². The van der Waals surface area contributed by atoms with Gasteiger partial charge < -0.3 is 14.9 Å². The highest BCUT2D eigenvalue weighted by molar-refractivity contribution is 7.71. The highest BCUT2D eigenvalue weighted by Gasteiger charge is 2.10. The number of aromatic amines is 1. The zero-order valence-corrected chi connectivity index (χ0v) is 12.3. The maximum Gasteiger partial charge on any atom is 0.200 e. The van der Waals surface area contributed by atoms with E-state index in [1.54, 1.807) is 6.33 Å². The summed E-state index contributed by atoms with van der Waals surface area (Å²) in [5.41, 5.74) is 2.76. The summed E-state index contributed by atoms with van der Waals surface area (Å²) >= 11 is 11.0. The van der Waals surface area contributed by atoms with Crippen LogP contribution in [0.5, 0.6) is 0 Å². The average molecular weight is 306 g/mol. The van der Waals surface area contributed by atoms with Gasteiger partial charge in [0.15, 0.2) is 11.5 Å². The molecule has 0 spiro atoms. The summed E-state index contributed by atoms with van der Waals surface area (Å²) in [4.78, 5) is 11.6. The summed E-state index contributed by atoms with van der Waals surface area (Å²) in [6.07, 6.45) is 1.77. The Morgan fingerprint density at radius 1 is 1.35 bits per heavy atom. The maximum absolute atomic E-state index is 5.90. The normalized spacial score (nSPS) is 10.9. The number of halogens is 1. The maximum atomic E-state index is 5.90. The molecule has 0 amide bonds. The van der Waals surface area contributed by atoms with Gasteiger partial charge in [-0.15, -0.1) is 0 Å². The van der Waals surface area contributed by atoms with Crippen LogP contribution in [0, 0.1) is 4.77 Å². The van der Waals surface area contributed by atoms with Crippen LogP contribution in [-0.2, 0) is 6.54 Å². The zero-order valence-electron chi connectivity index (χ0n) is 10.7. The van der Waals surface area contributed by atoms with Gasteiger partial charge in [0, 0.05) is 18.6 Å². The van der Waals surface area contributed by atoms with Gasteiger partial charge in [0.25, 0.3) is 0 Å². The Bertz CT molecular complexity index is 806. The minimum Gasteiger partial charge on any atom is -0.371 e. The first-order valence-electron chi connectivity index (χ1n) is 6.05. The Morgan fingerprint density at radius 2 is 2.10 bits per heavy atom. The molecule has 2 aromatic heterocycles. The Morgan fingerprint density at radius 3 is 2.80 bits per heavy atom. The molecule has 20 heavy (non-hydrogen) atoms. The van der Waals surface area contributed by atoms with Crippen LogP contribution in [0.15, 0.2) is 30.6 Å². The van der Waals surface area contributed by atoms with Gasteiger partial charge in [-0.3, -0.25) is 0 Å². The predicted molar refractivity (Wildman–Crippen MR) is 82.8 cm³/mol. The van der Waals surface area contributed by atoms with Crippen LogP contribution >= 0.6 is 23.8 Å². The summed E-state index contributed by atoms with van der Waals surface area (Å²) in [6.45, 7) is 0.689. The molecule has 0 saturated carbocycles. The van der Waals surface area contributed by atoms with Crippen molar-refractivity contribution in [1.29, 1.82) is 0 Å². The van der Waals surface area contributed by atoms with E-state index in [0.29, 0.717) is 11.3 Å². The molecule has 3 aromatic rings. The molecule has 0 aliphatic heterocycles. The number of nitrogens with one attached hydrogen (secondary N) is 2. The van der Waals surface area contributed by atoms with Crippen molar-refractivity contribution in [2.45, 2.75) is 6.54 Å². The molecule has 0 atom stereocenters. The first kappa shape index (κ1) is 13.1. The van der Waals surface area contributed by atoms with Crippen LogP contribution in [0.25, 0.3) is 11.2 Å². The highest BCUT2D eigenvalue weighted by atomic mass is 35.5. The van der Waals surface area contributed by atoms with Crippen molar-refractivity contribution in [1.82, 2.24) is 19.5 Å². The molecule has 0 aliphatic rings. The predicted octanol–water partition coefficient (Wildman–Crippen LogP) is 3.23. The molecule has 0 fully saturated rings.